The average Bonchev–Trinajstić information content (AvgIpc) is 2.75. The Hall–Kier alpha value is -2.67. The van der Waals surface area contributed by atoms with Gasteiger partial charge in [-0.15, -0.1) is 0 Å². The van der Waals surface area contributed by atoms with Crippen molar-refractivity contribution in [3.63, 3.8) is 0 Å². The smallest absolute Gasteiger partial charge is 0.255 e. The van der Waals surface area contributed by atoms with Crippen LogP contribution in [0.4, 0.5) is 8.78 Å². The standard InChI is InChI=1S/C26H29F2NO4/c1-13(2)8-14-4-3-5-18-19(14)9-16-10-20(24(31)25(32)22(16)23(18)30)26(33)29-12-15-6-7-17(27)11-21(15)28/h6-7,10-11,13-14,18-19,25,32H,3-5,8-9,12H2,1-2H3,(H,29,33). The van der Waals surface area contributed by atoms with Crippen LogP contribution in [0.3, 0.4) is 0 Å². The third-order valence-corrected chi connectivity index (χ3v) is 7.20. The molecule has 2 N–H and O–H groups in total. The maximum atomic E-state index is 13.9. The van der Waals surface area contributed by atoms with E-state index in [4.69, 9.17) is 0 Å². The van der Waals surface area contributed by atoms with Gasteiger partial charge in [-0.2, -0.15) is 0 Å². The van der Waals surface area contributed by atoms with Crippen LogP contribution in [0.25, 0.3) is 0 Å². The lowest BCUT2D eigenvalue weighted by Crippen LogP contribution is -2.45. The van der Waals surface area contributed by atoms with Crippen LogP contribution >= 0.6 is 0 Å². The van der Waals surface area contributed by atoms with Gasteiger partial charge in [-0.25, -0.2) is 8.78 Å². The number of rotatable bonds is 5. The van der Waals surface area contributed by atoms with Crippen molar-refractivity contribution in [3.8, 4) is 0 Å². The van der Waals surface area contributed by atoms with Gasteiger partial charge in [0.15, 0.2) is 5.78 Å². The van der Waals surface area contributed by atoms with Crippen molar-refractivity contribution < 1.29 is 28.3 Å². The minimum atomic E-state index is -1.66. The number of halogens is 2. The third kappa shape index (κ3) is 4.56. The number of hydrogen-bond donors (Lipinski definition) is 2. The monoisotopic (exact) mass is 457 g/mol. The van der Waals surface area contributed by atoms with Gasteiger partial charge in [-0.1, -0.05) is 32.8 Å². The van der Waals surface area contributed by atoms with Gasteiger partial charge < -0.3 is 10.4 Å². The minimum Gasteiger partial charge on any atom is -0.380 e. The number of allylic oxidation sites excluding steroid dienone is 2. The van der Waals surface area contributed by atoms with E-state index in [0.717, 1.165) is 37.8 Å². The summed E-state index contributed by atoms with van der Waals surface area (Å²) in [7, 11) is 0. The van der Waals surface area contributed by atoms with E-state index in [9.17, 15) is 28.3 Å². The second-order valence-electron chi connectivity index (χ2n) is 9.84. The Morgan fingerprint density at radius 2 is 1.94 bits per heavy atom. The molecule has 1 amide bonds. The number of benzene rings is 1. The molecule has 7 heteroatoms. The van der Waals surface area contributed by atoms with E-state index in [1.807, 2.05) is 0 Å². The van der Waals surface area contributed by atoms with Crippen molar-refractivity contribution in [2.75, 3.05) is 0 Å². The molecule has 1 aromatic rings. The summed E-state index contributed by atoms with van der Waals surface area (Å²) in [5.74, 6) is -2.44. The molecule has 0 aliphatic heterocycles. The molecule has 0 heterocycles. The SMILES string of the molecule is CC(C)CC1CCCC2C(=O)C3=C(C=C(C(=O)NCc4ccc(F)cc4F)C(=O)C3O)CC12. The molecule has 5 nitrogen and oxygen atoms in total. The van der Waals surface area contributed by atoms with Crippen molar-refractivity contribution in [1.29, 1.82) is 0 Å². The highest BCUT2D eigenvalue weighted by atomic mass is 19.1. The fourth-order valence-electron chi connectivity index (χ4n) is 5.70. The molecule has 3 aliphatic rings. The van der Waals surface area contributed by atoms with Crippen LogP contribution in [0.1, 0.15) is 51.5 Å². The second-order valence-corrected chi connectivity index (χ2v) is 9.84. The third-order valence-electron chi connectivity index (χ3n) is 7.20. The van der Waals surface area contributed by atoms with Gasteiger partial charge in [0.2, 0.25) is 5.78 Å². The van der Waals surface area contributed by atoms with Gasteiger partial charge in [-0.3, -0.25) is 14.4 Å². The summed E-state index contributed by atoms with van der Waals surface area (Å²) in [4.78, 5) is 38.8. The number of carbonyl (C=O) groups is 3. The number of nitrogens with one attached hydrogen (secondary N) is 1. The number of aliphatic hydroxyl groups excluding tert-OH is 1. The van der Waals surface area contributed by atoms with Crippen LogP contribution in [0.2, 0.25) is 0 Å². The number of hydrogen-bond acceptors (Lipinski definition) is 4. The fourth-order valence-corrected chi connectivity index (χ4v) is 5.70. The van der Waals surface area contributed by atoms with E-state index in [0.29, 0.717) is 23.8 Å². The van der Waals surface area contributed by atoms with Crippen molar-refractivity contribution in [2.45, 2.75) is 58.6 Å². The van der Waals surface area contributed by atoms with Crippen LogP contribution in [-0.2, 0) is 20.9 Å². The van der Waals surface area contributed by atoms with Crippen LogP contribution in [-0.4, -0.2) is 28.7 Å². The molecule has 4 atom stereocenters. The van der Waals surface area contributed by atoms with E-state index >= 15 is 0 Å². The van der Waals surface area contributed by atoms with Crippen molar-refractivity contribution in [2.24, 2.45) is 23.7 Å². The van der Waals surface area contributed by atoms with E-state index < -0.39 is 29.4 Å². The molecular weight excluding hydrogens is 428 g/mol. The summed E-state index contributed by atoms with van der Waals surface area (Å²) in [6.45, 7) is 4.08. The lowest BCUT2D eigenvalue weighted by Gasteiger charge is -2.43. The van der Waals surface area contributed by atoms with Crippen LogP contribution in [0.15, 0.2) is 41.0 Å². The van der Waals surface area contributed by atoms with E-state index in [1.54, 1.807) is 0 Å². The highest BCUT2D eigenvalue weighted by Crippen LogP contribution is 2.48. The van der Waals surface area contributed by atoms with Gasteiger partial charge >= 0.3 is 0 Å². The number of carbonyl (C=O) groups excluding carboxylic acids is 3. The predicted molar refractivity (Wildman–Crippen MR) is 118 cm³/mol. The Bertz CT molecular complexity index is 1060. The maximum Gasteiger partial charge on any atom is 0.255 e. The number of ketones is 2. The topological polar surface area (TPSA) is 83.5 Å². The first-order valence-electron chi connectivity index (χ1n) is 11.6. The summed E-state index contributed by atoms with van der Waals surface area (Å²) in [6.07, 6.45) is 4.10. The number of fused-ring (bicyclic) bond motifs is 1. The van der Waals surface area contributed by atoms with E-state index in [1.165, 1.54) is 12.1 Å². The molecule has 1 saturated carbocycles. The first-order valence-corrected chi connectivity index (χ1v) is 11.6. The van der Waals surface area contributed by atoms with Crippen molar-refractivity contribution >= 4 is 17.5 Å². The molecule has 4 unspecified atom stereocenters. The molecule has 0 saturated heterocycles. The summed E-state index contributed by atoms with van der Waals surface area (Å²) < 4.78 is 27.0. The van der Waals surface area contributed by atoms with Crippen LogP contribution in [0, 0.1) is 35.3 Å². The van der Waals surface area contributed by atoms with Gasteiger partial charge in [0.25, 0.3) is 5.91 Å². The maximum absolute atomic E-state index is 13.9. The number of amides is 1. The Morgan fingerprint density at radius 1 is 1.18 bits per heavy atom. The Balaban J connectivity index is 1.58. The zero-order valence-corrected chi connectivity index (χ0v) is 18.9. The van der Waals surface area contributed by atoms with Crippen molar-refractivity contribution in [1.82, 2.24) is 5.32 Å². The Kier molecular flexibility index (Phi) is 6.61. The highest BCUT2D eigenvalue weighted by molar-refractivity contribution is 6.25. The highest BCUT2D eigenvalue weighted by Gasteiger charge is 2.47. The molecule has 1 aromatic carbocycles. The summed E-state index contributed by atoms with van der Waals surface area (Å²) in [5.41, 5.74) is 0.518. The van der Waals surface area contributed by atoms with Gasteiger partial charge in [-0.05, 0) is 54.7 Å². The molecule has 33 heavy (non-hydrogen) atoms. The average molecular weight is 458 g/mol. The molecule has 0 radical (unpaired) electrons. The fraction of sp³-hybridized carbons (Fsp3) is 0.500. The summed E-state index contributed by atoms with van der Waals surface area (Å²) in [5, 5.41) is 13.1. The van der Waals surface area contributed by atoms with Gasteiger partial charge in [0.1, 0.15) is 17.7 Å². The molecule has 0 bridgehead atoms. The zero-order chi connectivity index (χ0) is 23.9. The van der Waals surface area contributed by atoms with Crippen LogP contribution in [0.5, 0.6) is 0 Å². The molecule has 176 valence electrons. The zero-order valence-electron chi connectivity index (χ0n) is 18.9. The minimum absolute atomic E-state index is 0.0727. The summed E-state index contributed by atoms with van der Waals surface area (Å²) in [6, 6.07) is 3.02. The molecule has 3 aliphatic carbocycles. The normalized spacial score (nSPS) is 27.3. The molecule has 0 aromatic heterocycles. The second kappa shape index (κ2) is 9.29. The lowest BCUT2D eigenvalue weighted by molar-refractivity contribution is -0.131. The molecule has 0 spiro atoms. The quantitative estimate of drug-likeness (QED) is 0.659. The number of Topliss-reactive ketones (excluding diaryl/α,β-unsaturated/α-hetero) is 2. The Labute approximate surface area is 191 Å². The largest absolute Gasteiger partial charge is 0.380 e. The van der Waals surface area contributed by atoms with Crippen molar-refractivity contribution in [3.05, 3.63) is 58.2 Å². The van der Waals surface area contributed by atoms with Crippen LogP contribution < -0.4 is 5.32 Å². The first-order chi connectivity index (χ1) is 15.7. The predicted octanol–water partition coefficient (Wildman–Crippen LogP) is 3.80. The van der Waals surface area contributed by atoms with E-state index in [2.05, 4.69) is 19.2 Å². The molecule has 1 fully saturated rings. The number of aliphatic hydroxyl groups is 1. The molecule has 4 rings (SSSR count). The Morgan fingerprint density at radius 3 is 2.64 bits per heavy atom. The lowest BCUT2D eigenvalue weighted by atomic mass is 9.60. The first kappa shape index (κ1) is 23.5. The van der Waals surface area contributed by atoms with Gasteiger partial charge in [0.05, 0.1) is 5.57 Å². The van der Waals surface area contributed by atoms with E-state index in [-0.39, 0.29) is 40.9 Å². The van der Waals surface area contributed by atoms with Gasteiger partial charge in [0, 0.05) is 29.7 Å². The molecular formula is C26H29F2NO4. The summed E-state index contributed by atoms with van der Waals surface area (Å²) >= 11 is 0.